The summed E-state index contributed by atoms with van der Waals surface area (Å²) in [5.74, 6) is 1.13. The summed E-state index contributed by atoms with van der Waals surface area (Å²) in [5, 5.41) is 26.8. The van der Waals surface area contributed by atoms with Gasteiger partial charge in [-0.2, -0.15) is 0 Å². The number of aliphatic hydroxyl groups is 2. The molecule has 6 atom stereocenters. The molecule has 3 saturated carbocycles. The van der Waals surface area contributed by atoms with Crippen LogP contribution in [0.3, 0.4) is 0 Å². The van der Waals surface area contributed by atoms with Crippen molar-refractivity contribution in [2.45, 2.75) is 24.9 Å². The molecule has 4 aliphatic heterocycles. The van der Waals surface area contributed by atoms with E-state index in [-0.39, 0.29) is 10.8 Å². The molecular weight excluding hydrogens is 204 g/mol. The predicted octanol–water partition coefficient (Wildman–Crippen LogP) is -1.07. The van der Waals surface area contributed by atoms with E-state index in [4.69, 9.17) is 0 Å². The molecule has 7 fully saturated rings. The van der Waals surface area contributed by atoms with Crippen molar-refractivity contribution in [2.24, 2.45) is 22.7 Å². The predicted molar refractivity (Wildman–Crippen MR) is 58.8 cm³/mol. The monoisotopic (exact) mass is 224 g/mol. The van der Waals surface area contributed by atoms with E-state index in [2.05, 4.69) is 10.6 Å². The van der Waals surface area contributed by atoms with Crippen molar-refractivity contribution in [2.75, 3.05) is 26.3 Å². The van der Waals surface area contributed by atoms with Crippen LogP contribution in [-0.4, -0.2) is 48.6 Å². The van der Waals surface area contributed by atoms with Gasteiger partial charge in [0.15, 0.2) is 0 Å². The number of piperidine rings is 4. The Morgan fingerprint density at radius 3 is 1.69 bits per heavy atom. The second-order valence-electron chi connectivity index (χ2n) is 6.33. The summed E-state index contributed by atoms with van der Waals surface area (Å²) in [4.78, 5) is 0. The van der Waals surface area contributed by atoms with Crippen LogP contribution in [-0.2, 0) is 0 Å². The molecule has 4 heteroatoms. The molecule has 0 aromatic carbocycles. The second-order valence-corrected chi connectivity index (χ2v) is 6.33. The van der Waals surface area contributed by atoms with Gasteiger partial charge in [-0.15, -0.1) is 0 Å². The summed E-state index contributed by atoms with van der Waals surface area (Å²) >= 11 is 0. The first-order valence-electron chi connectivity index (χ1n) is 6.45. The Balaban J connectivity index is 1.86. The Morgan fingerprint density at radius 2 is 1.31 bits per heavy atom. The topological polar surface area (TPSA) is 64.5 Å². The Hall–Kier alpha value is -0.160. The minimum atomic E-state index is 0.107. The lowest BCUT2D eigenvalue weighted by Gasteiger charge is -2.74. The van der Waals surface area contributed by atoms with Gasteiger partial charge >= 0.3 is 0 Å². The lowest BCUT2D eigenvalue weighted by molar-refractivity contribution is -0.241. The van der Waals surface area contributed by atoms with Crippen molar-refractivity contribution in [3.63, 3.8) is 0 Å². The zero-order chi connectivity index (χ0) is 11.0. The van der Waals surface area contributed by atoms with E-state index < -0.39 is 0 Å². The molecule has 16 heavy (non-hydrogen) atoms. The summed E-state index contributed by atoms with van der Waals surface area (Å²) in [6.45, 7) is 2.70. The average Bonchev–Trinajstić information content (AvgIpc) is 2.39. The van der Waals surface area contributed by atoms with Crippen LogP contribution in [0.2, 0.25) is 0 Å². The van der Waals surface area contributed by atoms with Gasteiger partial charge in [0.2, 0.25) is 0 Å². The Labute approximate surface area is 95.4 Å². The highest BCUT2D eigenvalue weighted by Crippen LogP contribution is 2.66. The third-order valence-electron chi connectivity index (χ3n) is 6.28. The van der Waals surface area contributed by atoms with Crippen LogP contribution in [0, 0.1) is 22.7 Å². The number of hydrogen-bond acceptors (Lipinski definition) is 4. The van der Waals surface area contributed by atoms with Crippen LogP contribution in [0.15, 0.2) is 0 Å². The van der Waals surface area contributed by atoms with Crippen LogP contribution >= 0.6 is 0 Å². The number of rotatable bonds is 2. The summed E-state index contributed by atoms with van der Waals surface area (Å²) < 4.78 is 0. The quantitative estimate of drug-likeness (QED) is 0.482. The molecule has 4 nitrogen and oxygen atoms in total. The van der Waals surface area contributed by atoms with E-state index in [0.717, 1.165) is 25.9 Å². The lowest BCUT2D eigenvalue weighted by atomic mass is 9.37. The van der Waals surface area contributed by atoms with Crippen molar-refractivity contribution >= 4 is 0 Å². The van der Waals surface area contributed by atoms with E-state index in [1.165, 1.54) is 0 Å². The van der Waals surface area contributed by atoms with Gasteiger partial charge in [0, 0.05) is 22.9 Å². The van der Waals surface area contributed by atoms with E-state index in [0.29, 0.717) is 37.1 Å². The summed E-state index contributed by atoms with van der Waals surface area (Å²) in [6.07, 6.45) is 2.09. The van der Waals surface area contributed by atoms with Crippen molar-refractivity contribution in [3.05, 3.63) is 0 Å². The maximum Gasteiger partial charge on any atom is 0.0506 e. The van der Waals surface area contributed by atoms with E-state index in [1.54, 1.807) is 0 Å². The fraction of sp³-hybridized carbons (Fsp3) is 1.00. The van der Waals surface area contributed by atoms with Gasteiger partial charge in [-0.3, -0.25) is 0 Å². The highest BCUT2D eigenvalue weighted by atomic mass is 16.3. The highest BCUT2D eigenvalue weighted by molar-refractivity contribution is 5.25. The molecule has 0 aromatic rings. The average molecular weight is 224 g/mol. The van der Waals surface area contributed by atoms with Crippen LogP contribution < -0.4 is 10.6 Å². The fourth-order valence-corrected chi connectivity index (χ4v) is 5.44. The smallest absolute Gasteiger partial charge is 0.0506 e. The fourth-order valence-electron chi connectivity index (χ4n) is 5.44. The van der Waals surface area contributed by atoms with E-state index in [1.807, 2.05) is 0 Å². The van der Waals surface area contributed by atoms with Gasteiger partial charge in [0.1, 0.15) is 0 Å². The molecule has 0 radical (unpaired) electrons. The summed E-state index contributed by atoms with van der Waals surface area (Å²) in [7, 11) is 0. The molecule has 4 heterocycles. The van der Waals surface area contributed by atoms with Crippen molar-refractivity contribution in [1.82, 2.24) is 10.6 Å². The highest BCUT2D eigenvalue weighted by Gasteiger charge is 2.71. The van der Waals surface area contributed by atoms with Crippen molar-refractivity contribution < 1.29 is 10.2 Å². The Bertz CT molecular complexity index is 305. The van der Waals surface area contributed by atoms with Crippen LogP contribution in [0.1, 0.15) is 12.8 Å². The minimum absolute atomic E-state index is 0.107. The van der Waals surface area contributed by atoms with Crippen LogP contribution in [0.25, 0.3) is 0 Å². The number of fused-ring (bicyclic) bond motifs is 2. The Morgan fingerprint density at radius 1 is 0.875 bits per heavy atom. The molecule has 3 aliphatic carbocycles. The van der Waals surface area contributed by atoms with Gasteiger partial charge in [0.05, 0.1) is 13.2 Å². The molecule has 7 aliphatic rings. The van der Waals surface area contributed by atoms with Gasteiger partial charge in [-0.1, -0.05) is 0 Å². The first kappa shape index (κ1) is 9.83. The van der Waals surface area contributed by atoms with Crippen LogP contribution in [0.5, 0.6) is 0 Å². The molecule has 7 rings (SSSR count). The molecular formula is C12H20N2O2. The summed E-state index contributed by atoms with van der Waals surface area (Å²) in [5.41, 5.74) is 0.214. The van der Waals surface area contributed by atoms with Crippen molar-refractivity contribution in [3.8, 4) is 0 Å². The molecule has 0 spiro atoms. The first-order chi connectivity index (χ1) is 7.77. The summed E-state index contributed by atoms with van der Waals surface area (Å²) in [6, 6.07) is 0.857. The maximum absolute atomic E-state index is 9.84. The largest absolute Gasteiger partial charge is 0.396 e. The van der Waals surface area contributed by atoms with Gasteiger partial charge in [-0.25, -0.2) is 0 Å². The van der Waals surface area contributed by atoms with Crippen LogP contribution in [0.4, 0.5) is 0 Å². The Kier molecular flexibility index (Phi) is 1.72. The molecule has 4 N–H and O–H groups in total. The third kappa shape index (κ3) is 0.787. The number of hydrogen-bond donors (Lipinski definition) is 4. The third-order valence-corrected chi connectivity index (χ3v) is 6.28. The second kappa shape index (κ2) is 2.80. The number of aliphatic hydroxyl groups excluding tert-OH is 2. The molecule has 4 saturated heterocycles. The molecule has 0 aromatic heterocycles. The maximum atomic E-state index is 9.84. The SMILES string of the molecule is OC[C@]12C[C@@H]3NC[C@@H]1[C@@H]1CN[C@@H]2C[C@@]31CO. The zero-order valence-corrected chi connectivity index (χ0v) is 9.45. The normalized spacial score (nSPS) is 61.9. The lowest BCUT2D eigenvalue weighted by Crippen LogP contribution is -2.83. The standard InChI is InChI=1S/C12H20N2O2/c15-5-11-1-9-12(6-16)2-10(11)14-4-8(12)7(11)3-13-9/h7-10,13-16H,1-6H2/t7-,8+,9+,10-,11-,12+. The molecule has 0 unspecified atom stereocenters. The number of nitrogens with one attached hydrogen (secondary N) is 2. The van der Waals surface area contributed by atoms with Crippen molar-refractivity contribution in [1.29, 1.82) is 0 Å². The molecule has 0 amide bonds. The van der Waals surface area contributed by atoms with Gasteiger partial charge in [0.25, 0.3) is 0 Å². The molecule has 90 valence electrons. The van der Waals surface area contributed by atoms with Gasteiger partial charge < -0.3 is 20.8 Å². The van der Waals surface area contributed by atoms with E-state index in [9.17, 15) is 10.2 Å². The minimum Gasteiger partial charge on any atom is -0.396 e. The van der Waals surface area contributed by atoms with Gasteiger partial charge in [-0.05, 0) is 37.8 Å². The first-order valence-corrected chi connectivity index (χ1v) is 6.45. The van der Waals surface area contributed by atoms with E-state index >= 15 is 0 Å². The zero-order valence-electron chi connectivity index (χ0n) is 9.45. The molecule has 6 bridgehead atoms.